The van der Waals surface area contributed by atoms with E-state index in [0.717, 1.165) is 34.4 Å². The first-order valence-corrected chi connectivity index (χ1v) is 12.9. The highest BCUT2D eigenvalue weighted by atomic mass is 35.5. The summed E-state index contributed by atoms with van der Waals surface area (Å²) in [7, 11) is -1.50. The van der Waals surface area contributed by atoms with E-state index >= 15 is 0 Å². The molecule has 23 heavy (non-hydrogen) atoms. The predicted octanol–water partition coefficient (Wildman–Crippen LogP) is 6.06. The van der Waals surface area contributed by atoms with Gasteiger partial charge in [0, 0.05) is 5.39 Å². The maximum atomic E-state index is 6.17. The van der Waals surface area contributed by atoms with E-state index in [1.807, 2.05) is 12.1 Å². The van der Waals surface area contributed by atoms with Crippen LogP contribution in [0.5, 0.6) is 0 Å². The van der Waals surface area contributed by atoms with Crippen molar-refractivity contribution in [3.63, 3.8) is 0 Å². The lowest BCUT2D eigenvalue weighted by Gasteiger charge is -2.09. The van der Waals surface area contributed by atoms with Crippen molar-refractivity contribution in [1.82, 2.24) is 9.97 Å². The predicted molar refractivity (Wildman–Crippen MR) is 105 cm³/mol. The molecular weight excluding hydrogens is 363 g/mol. The normalized spacial score (nSPS) is 11.4. The lowest BCUT2D eigenvalue weighted by atomic mass is 10.2. The van der Waals surface area contributed by atoms with Crippen molar-refractivity contribution in [3.8, 4) is 11.5 Å². The van der Waals surface area contributed by atoms with Gasteiger partial charge in [-0.15, -0.1) is 17.3 Å². The molecular formula is C17H20Cl2N2SSi. The van der Waals surface area contributed by atoms with Crippen LogP contribution >= 0.6 is 35.0 Å². The van der Waals surface area contributed by atoms with E-state index in [4.69, 9.17) is 23.2 Å². The Balaban J connectivity index is 2.62. The smallest absolute Gasteiger partial charge is 0.131 e. The summed E-state index contributed by atoms with van der Waals surface area (Å²) in [5.74, 6) is 4.24. The summed E-state index contributed by atoms with van der Waals surface area (Å²) >= 11 is 14.0. The van der Waals surface area contributed by atoms with Gasteiger partial charge in [-0.25, -0.2) is 9.97 Å². The van der Waals surface area contributed by atoms with Gasteiger partial charge in [-0.2, -0.15) is 0 Å². The minimum absolute atomic E-state index is 0.434. The molecule has 0 saturated heterocycles. The van der Waals surface area contributed by atoms with Crippen LogP contribution in [0, 0.1) is 11.5 Å². The van der Waals surface area contributed by atoms with Crippen molar-refractivity contribution in [3.05, 3.63) is 28.1 Å². The van der Waals surface area contributed by atoms with Gasteiger partial charge < -0.3 is 0 Å². The average molecular weight is 383 g/mol. The molecule has 0 radical (unpaired) electrons. The molecule has 0 unspecified atom stereocenters. The number of pyridine rings is 2. The third-order valence-electron chi connectivity index (χ3n) is 3.01. The van der Waals surface area contributed by atoms with Crippen LogP contribution in [0.15, 0.2) is 17.2 Å². The standard InChI is InChI=1S/C17H20Cl2N2SSi/c1-5-6-8-22-17-16-12(11-15(19)21-17)10-14(18)20-13(16)7-9-23(2,3)4/h10-11H,5-6,8H2,1-4H3. The van der Waals surface area contributed by atoms with Gasteiger partial charge in [-0.05, 0) is 29.7 Å². The van der Waals surface area contributed by atoms with Crippen LogP contribution in [-0.2, 0) is 0 Å². The molecule has 0 spiro atoms. The minimum atomic E-state index is -1.50. The zero-order chi connectivity index (χ0) is 17.0. The SMILES string of the molecule is CCCCSc1nc(Cl)cc2cc(Cl)nc(C#C[Si](C)(C)C)c12. The average Bonchev–Trinajstić information content (AvgIpc) is 2.43. The van der Waals surface area contributed by atoms with Gasteiger partial charge in [0.15, 0.2) is 0 Å². The highest BCUT2D eigenvalue weighted by Crippen LogP contribution is 2.32. The van der Waals surface area contributed by atoms with Crippen molar-refractivity contribution in [2.45, 2.75) is 44.4 Å². The van der Waals surface area contributed by atoms with Gasteiger partial charge in [-0.3, -0.25) is 0 Å². The Morgan fingerprint density at radius 3 is 2.39 bits per heavy atom. The van der Waals surface area contributed by atoms with Crippen molar-refractivity contribution in [2.75, 3.05) is 5.75 Å². The summed E-state index contributed by atoms with van der Waals surface area (Å²) in [5.41, 5.74) is 4.07. The van der Waals surface area contributed by atoms with Crippen molar-refractivity contribution >= 4 is 53.8 Å². The first kappa shape index (κ1) is 18.6. The molecule has 2 rings (SSSR count). The highest BCUT2D eigenvalue weighted by molar-refractivity contribution is 7.99. The summed E-state index contributed by atoms with van der Waals surface area (Å²) in [6.07, 6.45) is 2.29. The summed E-state index contributed by atoms with van der Waals surface area (Å²) in [5, 5.41) is 3.71. The second-order valence-corrected chi connectivity index (χ2v) is 13.0. The quantitative estimate of drug-likeness (QED) is 0.211. The van der Waals surface area contributed by atoms with Crippen LogP contribution < -0.4 is 0 Å². The first-order valence-electron chi connectivity index (χ1n) is 7.63. The van der Waals surface area contributed by atoms with Gasteiger partial charge in [0.25, 0.3) is 0 Å². The van der Waals surface area contributed by atoms with Crippen LogP contribution in [0.3, 0.4) is 0 Å². The summed E-state index contributed by atoms with van der Waals surface area (Å²) in [6.45, 7) is 8.80. The number of nitrogens with zero attached hydrogens (tertiary/aromatic N) is 2. The third kappa shape index (κ3) is 5.39. The van der Waals surface area contributed by atoms with E-state index < -0.39 is 8.07 Å². The topological polar surface area (TPSA) is 25.8 Å². The van der Waals surface area contributed by atoms with Gasteiger partial charge in [0.05, 0.1) is 0 Å². The van der Waals surface area contributed by atoms with Crippen LogP contribution in [0.25, 0.3) is 10.8 Å². The molecule has 0 aliphatic heterocycles. The fourth-order valence-electron chi connectivity index (χ4n) is 1.94. The van der Waals surface area contributed by atoms with E-state index in [0.29, 0.717) is 16.0 Å². The van der Waals surface area contributed by atoms with Crippen molar-refractivity contribution < 1.29 is 0 Å². The Hall–Kier alpha value is -0.733. The molecule has 0 saturated carbocycles. The van der Waals surface area contributed by atoms with E-state index in [1.54, 1.807) is 11.8 Å². The number of hydrogen-bond donors (Lipinski definition) is 0. The third-order valence-corrected chi connectivity index (χ3v) is 5.33. The van der Waals surface area contributed by atoms with Gasteiger partial charge in [0.2, 0.25) is 0 Å². The Kier molecular flexibility index (Phi) is 6.38. The van der Waals surface area contributed by atoms with E-state index in [9.17, 15) is 0 Å². The zero-order valence-corrected chi connectivity index (χ0v) is 17.2. The largest absolute Gasteiger partial charge is 0.229 e. The molecule has 122 valence electrons. The Morgan fingerprint density at radius 1 is 1.13 bits per heavy atom. The zero-order valence-electron chi connectivity index (χ0n) is 13.8. The van der Waals surface area contributed by atoms with Crippen LogP contribution in [0.2, 0.25) is 29.9 Å². The molecule has 2 heterocycles. The molecule has 0 fully saturated rings. The van der Waals surface area contributed by atoms with E-state index in [-0.39, 0.29) is 0 Å². The van der Waals surface area contributed by atoms with Crippen LogP contribution in [-0.4, -0.2) is 23.8 Å². The number of hydrogen-bond acceptors (Lipinski definition) is 3. The molecule has 0 bridgehead atoms. The summed E-state index contributed by atoms with van der Waals surface area (Å²) in [6, 6.07) is 3.65. The Morgan fingerprint density at radius 2 is 1.78 bits per heavy atom. The van der Waals surface area contributed by atoms with Crippen LogP contribution in [0.1, 0.15) is 25.5 Å². The number of fused-ring (bicyclic) bond motifs is 1. The number of halogens is 2. The lowest BCUT2D eigenvalue weighted by molar-refractivity contribution is 0.895. The molecule has 0 amide bonds. The minimum Gasteiger partial charge on any atom is -0.229 e. The van der Waals surface area contributed by atoms with Gasteiger partial charge in [-0.1, -0.05) is 62.1 Å². The summed E-state index contributed by atoms with van der Waals surface area (Å²) in [4.78, 5) is 8.94. The number of aromatic nitrogens is 2. The number of unbranched alkanes of at least 4 members (excludes halogenated alkanes) is 1. The molecule has 2 aromatic heterocycles. The second-order valence-electron chi connectivity index (χ2n) is 6.34. The summed E-state index contributed by atoms with van der Waals surface area (Å²) < 4.78 is 0. The van der Waals surface area contributed by atoms with E-state index in [1.165, 1.54) is 0 Å². The number of rotatable bonds is 4. The fraction of sp³-hybridized carbons (Fsp3) is 0.412. The highest BCUT2D eigenvalue weighted by Gasteiger charge is 2.13. The number of thioether (sulfide) groups is 1. The van der Waals surface area contributed by atoms with E-state index in [2.05, 4.69) is 48.0 Å². The Labute approximate surface area is 153 Å². The van der Waals surface area contributed by atoms with Gasteiger partial charge >= 0.3 is 0 Å². The molecule has 6 heteroatoms. The lowest BCUT2D eigenvalue weighted by Crippen LogP contribution is -2.16. The molecule has 0 atom stereocenters. The van der Waals surface area contributed by atoms with Crippen molar-refractivity contribution in [1.29, 1.82) is 0 Å². The molecule has 0 aliphatic carbocycles. The first-order chi connectivity index (χ1) is 10.8. The molecule has 0 aliphatic rings. The maximum absolute atomic E-state index is 6.17. The maximum Gasteiger partial charge on any atom is 0.131 e. The molecule has 2 nitrogen and oxygen atoms in total. The van der Waals surface area contributed by atoms with Gasteiger partial charge in [0.1, 0.15) is 29.1 Å². The van der Waals surface area contributed by atoms with Crippen LogP contribution in [0.4, 0.5) is 0 Å². The molecule has 2 aromatic rings. The van der Waals surface area contributed by atoms with Crippen molar-refractivity contribution in [2.24, 2.45) is 0 Å². The second kappa shape index (κ2) is 7.89. The molecule has 0 N–H and O–H groups in total. The fourth-order valence-corrected chi connectivity index (χ4v) is 4.03. The molecule has 0 aromatic carbocycles. The Bertz CT molecular complexity index is 771. The monoisotopic (exact) mass is 382 g/mol.